The smallest absolute Gasteiger partial charge is 0.335 e. The Morgan fingerprint density at radius 1 is 1.21 bits per heavy atom. The van der Waals surface area contributed by atoms with Crippen molar-refractivity contribution < 1.29 is 9.90 Å². The van der Waals surface area contributed by atoms with Gasteiger partial charge in [0.2, 0.25) is 0 Å². The number of carboxylic acids is 1. The summed E-state index contributed by atoms with van der Waals surface area (Å²) in [5.74, 6) is 0.683. The van der Waals surface area contributed by atoms with Crippen molar-refractivity contribution in [3.63, 3.8) is 0 Å². The van der Waals surface area contributed by atoms with Crippen molar-refractivity contribution in [2.24, 2.45) is 0 Å². The zero-order chi connectivity index (χ0) is 16.5. The Morgan fingerprint density at radius 2 is 2.04 bits per heavy atom. The van der Waals surface area contributed by atoms with E-state index in [-0.39, 0.29) is 5.56 Å². The molecule has 0 bridgehead atoms. The van der Waals surface area contributed by atoms with E-state index in [1.165, 1.54) is 0 Å². The third-order valence-electron chi connectivity index (χ3n) is 4.11. The second kappa shape index (κ2) is 5.77. The minimum Gasteiger partial charge on any atom is -0.478 e. The van der Waals surface area contributed by atoms with Gasteiger partial charge in [-0.05, 0) is 12.1 Å². The van der Waals surface area contributed by atoms with Crippen molar-refractivity contribution in [1.29, 1.82) is 0 Å². The normalized spacial score (nSPS) is 13.6. The Bertz CT molecular complexity index is 874. The highest BCUT2D eigenvalue weighted by atomic mass is 16.4. The van der Waals surface area contributed by atoms with Gasteiger partial charge in [0.15, 0.2) is 0 Å². The van der Waals surface area contributed by atoms with E-state index in [9.17, 15) is 4.79 Å². The predicted molar refractivity (Wildman–Crippen MR) is 87.8 cm³/mol. The summed E-state index contributed by atoms with van der Waals surface area (Å²) in [6, 6.07) is 6.72. The molecule has 3 heterocycles. The monoisotopic (exact) mass is 321 g/mol. The summed E-state index contributed by atoms with van der Waals surface area (Å²) in [4.78, 5) is 29.6. The number of anilines is 1. The lowest BCUT2D eigenvalue weighted by atomic mass is 10.1. The maximum atomic E-state index is 10.9. The molecule has 1 aliphatic heterocycles. The Labute approximate surface area is 138 Å². The largest absolute Gasteiger partial charge is 0.478 e. The molecule has 1 aliphatic rings. The van der Waals surface area contributed by atoms with Gasteiger partial charge >= 0.3 is 5.97 Å². The van der Waals surface area contributed by atoms with Crippen LogP contribution in [0.1, 0.15) is 21.7 Å². The molecule has 0 fully saturated rings. The third kappa shape index (κ3) is 2.60. The van der Waals surface area contributed by atoms with Gasteiger partial charge < -0.3 is 15.0 Å². The maximum Gasteiger partial charge on any atom is 0.335 e. The molecule has 120 valence electrons. The number of carbonyl (C=O) groups is 1. The average Bonchev–Trinajstić information content (AvgIpc) is 3.06. The number of carboxylic acid groups (broad SMARTS) is 1. The number of hydrogen-bond acceptors (Lipinski definition) is 5. The zero-order valence-electron chi connectivity index (χ0n) is 12.8. The summed E-state index contributed by atoms with van der Waals surface area (Å²) >= 11 is 0. The van der Waals surface area contributed by atoms with Crippen LogP contribution in [-0.2, 0) is 13.0 Å². The number of fused-ring (bicyclic) bond motifs is 1. The SMILES string of the molecule is O=C(O)c1ccc(-c2nc3c([nH]2)CN(c2cnccn2)CC3)cc1. The molecule has 24 heavy (non-hydrogen) atoms. The van der Waals surface area contributed by atoms with Crippen molar-refractivity contribution in [2.75, 3.05) is 11.4 Å². The average molecular weight is 321 g/mol. The molecule has 0 radical (unpaired) electrons. The standard InChI is InChI=1S/C17H15N5O2/c23-17(24)12-3-1-11(2-4-12)16-20-13-5-8-22(10-14(13)21-16)15-9-18-6-7-19-15/h1-4,6-7,9H,5,8,10H2,(H,20,21)(H,23,24). The minimum atomic E-state index is -0.931. The molecule has 2 aromatic heterocycles. The van der Waals surface area contributed by atoms with Crippen LogP contribution < -0.4 is 4.90 Å². The quantitative estimate of drug-likeness (QED) is 0.767. The van der Waals surface area contributed by atoms with Gasteiger partial charge in [-0.1, -0.05) is 12.1 Å². The molecular formula is C17H15N5O2. The highest BCUT2D eigenvalue weighted by molar-refractivity contribution is 5.88. The lowest BCUT2D eigenvalue weighted by molar-refractivity contribution is 0.0697. The van der Waals surface area contributed by atoms with E-state index in [4.69, 9.17) is 5.11 Å². The van der Waals surface area contributed by atoms with Crippen LogP contribution in [0.2, 0.25) is 0 Å². The number of aromatic carboxylic acids is 1. The van der Waals surface area contributed by atoms with Gasteiger partial charge in [-0.25, -0.2) is 14.8 Å². The number of hydrogen-bond donors (Lipinski definition) is 2. The molecule has 0 saturated heterocycles. The number of H-pyrrole nitrogens is 1. The van der Waals surface area contributed by atoms with Crippen LogP contribution in [-0.4, -0.2) is 37.6 Å². The second-order valence-electron chi connectivity index (χ2n) is 5.63. The Hall–Kier alpha value is -3.22. The van der Waals surface area contributed by atoms with E-state index in [0.717, 1.165) is 41.6 Å². The lowest BCUT2D eigenvalue weighted by Gasteiger charge is -2.26. The highest BCUT2D eigenvalue weighted by Crippen LogP contribution is 2.25. The first-order valence-corrected chi connectivity index (χ1v) is 7.63. The number of imidazole rings is 1. The number of aromatic amines is 1. The number of aromatic nitrogens is 4. The molecule has 0 amide bonds. The number of nitrogens with zero attached hydrogens (tertiary/aromatic N) is 4. The fourth-order valence-corrected chi connectivity index (χ4v) is 2.85. The van der Waals surface area contributed by atoms with E-state index in [0.29, 0.717) is 6.54 Å². The first kappa shape index (κ1) is 14.4. The first-order valence-electron chi connectivity index (χ1n) is 7.63. The molecule has 0 saturated carbocycles. The van der Waals surface area contributed by atoms with Crippen molar-refractivity contribution in [3.05, 3.63) is 59.8 Å². The van der Waals surface area contributed by atoms with Crippen molar-refractivity contribution >= 4 is 11.8 Å². The maximum absolute atomic E-state index is 10.9. The van der Waals surface area contributed by atoms with Gasteiger partial charge in [0.05, 0.1) is 29.7 Å². The van der Waals surface area contributed by atoms with E-state index in [1.54, 1.807) is 42.9 Å². The lowest BCUT2D eigenvalue weighted by Crippen LogP contribution is -2.31. The fourth-order valence-electron chi connectivity index (χ4n) is 2.85. The molecule has 0 atom stereocenters. The second-order valence-corrected chi connectivity index (χ2v) is 5.63. The van der Waals surface area contributed by atoms with Gasteiger partial charge in [-0.3, -0.25) is 4.98 Å². The van der Waals surface area contributed by atoms with Crippen LogP contribution in [0.4, 0.5) is 5.82 Å². The minimum absolute atomic E-state index is 0.267. The number of nitrogens with one attached hydrogen (secondary N) is 1. The highest BCUT2D eigenvalue weighted by Gasteiger charge is 2.21. The fraction of sp³-hybridized carbons (Fsp3) is 0.176. The molecule has 7 nitrogen and oxygen atoms in total. The Morgan fingerprint density at radius 3 is 2.75 bits per heavy atom. The molecule has 3 aromatic rings. The van der Waals surface area contributed by atoms with Crippen LogP contribution in [0.5, 0.6) is 0 Å². The van der Waals surface area contributed by atoms with Gasteiger partial charge in [-0.15, -0.1) is 0 Å². The number of benzene rings is 1. The van der Waals surface area contributed by atoms with Gasteiger partial charge in [-0.2, -0.15) is 0 Å². The van der Waals surface area contributed by atoms with E-state index < -0.39 is 5.97 Å². The summed E-state index contributed by atoms with van der Waals surface area (Å²) in [6.45, 7) is 1.54. The van der Waals surface area contributed by atoms with E-state index in [2.05, 4.69) is 24.8 Å². The molecular weight excluding hydrogens is 306 g/mol. The molecule has 0 unspecified atom stereocenters. The summed E-state index contributed by atoms with van der Waals surface area (Å²) in [6.07, 6.45) is 5.93. The summed E-state index contributed by atoms with van der Waals surface area (Å²) in [5, 5.41) is 8.98. The molecule has 4 rings (SSSR count). The predicted octanol–water partition coefficient (Wildman–Crippen LogP) is 2.13. The topological polar surface area (TPSA) is 95.0 Å². The summed E-state index contributed by atoms with van der Waals surface area (Å²) in [5.41, 5.74) is 3.25. The van der Waals surface area contributed by atoms with Gasteiger partial charge in [0, 0.05) is 30.9 Å². The Kier molecular flexibility index (Phi) is 3.45. The van der Waals surface area contributed by atoms with Crippen LogP contribution in [0.25, 0.3) is 11.4 Å². The zero-order valence-corrected chi connectivity index (χ0v) is 12.8. The van der Waals surface area contributed by atoms with E-state index >= 15 is 0 Å². The molecule has 0 aliphatic carbocycles. The van der Waals surface area contributed by atoms with Crippen LogP contribution in [0.15, 0.2) is 42.9 Å². The van der Waals surface area contributed by atoms with Crippen molar-refractivity contribution in [1.82, 2.24) is 19.9 Å². The van der Waals surface area contributed by atoms with Crippen LogP contribution >= 0.6 is 0 Å². The van der Waals surface area contributed by atoms with Gasteiger partial charge in [0.25, 0.3) is 0 Å². The molecule has 1 aromatic carbocycles. The molecule has 2 N–H and O–H groups in total. The van der Waals surface area contributed by atoms with Gasteiger partial charge in [0.1, 0.15) is 11.6 Å². The Balaban J connectivity index is 1.59. The molecule has 7 heteroatoms. The third-order valence-corrected chi connectivity index (χ3v) is 4.11. The first-order chi connectivity index (χ1) is 11.7. The van der Waals surface area contributed by atoms with Crippen molar-refractivity contribution in [2.45, 2.75) is 13.0 Å². The molecule has 0 spiro atoms. The van der Waals surface area contributed by atoms with Crippen LogP contribution in [0, 0.1) is 0 Å². The van der Waals surface area contributed by atoms with Crippen LogP contribution in [0.3, 0.4) is 0 Å². The summed E-state index contributed by atoms with van der Waals surface area (Å²) in [7, 11) is 0. The van der Waals surface area contributed by atoms with E-state index in [1.807, 2.05) is 0 Å². The van der Waals surface area contributed by atoms with Crippen molar-refractivity contribution in [3.8, 4) is 11.4 Å². The summed E-state index contributed by atoms with van der Waals surface area (Å²) < 4.78 is 0. The number of rotatable bonds is 3.